The van der Waals surface area contributed by atoms with E-state index < -0.39 is 83.3 Å². The van der Waals surface area contributed by atoms with Gasteiger partial charge in [-0.3, -0.25) is 23.2 Å². The van der Waals surface area contributed by atoms with Crippen molar-refractivity contribution in [1.29, 1.82) is 0 Å². The molecule has 256 valence electrons. The first-order valence-electron chi connectivity index (χ1n) is 14.0. The van der Waals surface area contributed by atoms with Crippen molar-refractivity contribution in [2.24, 2.45) is 5.73 Å². The third kappa shape index (κ3) is 6.51. The average Bonchev–Trinajstić information content (AvgIpc) is 3.78. The zero-order chi connectivity index (χ0) is 33.9. The predicted molar refractivity (Wildman–Crippen MR) is 152 cm³/mol. The summed E-state index contributed by atoms with van der Waals surface area (Å²) < 4.78 is 53.6. The van der Waals surface area contributed by atoms with Crippen LogP contribution >= 0.6 is 15.6 Å². The molecule has 3 aromatic rings. The zero-order valence-corrected chi connectivity index (χ0v) is 26.2. The average molecular weight is 705 g/mol. The molecule has 0 bridgehead atoms. The monoisotopic (exact) mass is 704 g/mol. The van der Waals surface area contributed by atoms with E-state index in [-0.39, 0.29) is 12.0 Å². The number of allylic oxidation sites excluding steroid dienone is 1. The summed E-state index contributed by atoms with van der Waals surface area (Å²) in [5.41, 5.74) is 5.01. The number of aliphatic hydroxyl groups is 4. The standard InChI is InChI=1S/C24H31N7O14P2/c1-24(18(35)17(34)22(44-24)29-5-2-3-12(7-29)19(25)36)9-42-47(39,40)45-46(37,38)41-8-13-15(32)16(33)23(43-13)31-11-27-14-20-26-4-6-30(20)10-28-21(14)31/h2,4-7,10-11,13,15-18,22-23,32-35H,3,8-9H2,1H3,(H4,25,36,37,38,39,40)/p+1/t13-,15+,16?,17-,18?,22+,23-,24+/m0/s1. The number of amides is 1. The van der Waals surface area contributed by atoms with Crippen LogP contribution in [0.3, 0.4) is 0 Å². The first-order valence-corrected chi connectivity index (χ1v) is 16.9. The van der Waals surface area contributed by atoms with E-state index >= 15 is 0 Å². The van der Waals surface area contributed by atoms with Gasteiger partial charge in [-0.1, -0.05) is 11.1 Å². The number of hydrogen-bond donors (Lipinski definition) is 8. The van der Waals surface area contributed by atoms with E-state index in [4.69, 9.17) is 24.3 Å². The highest BCUT2D eigenvalue weighted by atomic mass is 31.3. The number of nitrogens with zero attached hydrogens (tertiary/aromatic N) is 5. The SMILES string of the molecule is C[C@]1(COP(=O)(O)OP(=O)(O)OC[C@@H]2O[C@H]([n+]3c[nH]c4c5nccn5cnc43)C(O)[C@@H]2O)O[C@@H](N2C=CCC(C(N)=O)=C2)[C@@H](O)C1O. The molecule has 0 spiro atoms. The molecular weight excluding hydrogens is 672 g/mol. The normalized spacial score (nSPS) is 33.7. The molecule has 2 fully saturated rings. The number of fused-ring (bicyclic) bond motifs is 3. The first kappa shape index (κ1) is 33.7. The smallest absolute Gasteiger partial charge is 0.387 e. The summed E-state index contributed by atoms with van der Waals surface area (Å²) in [5.74, 6) is -0.709. The van der Waals surface area contributed by atoms with Gasteiger partial charge < -0.3 is 50.3 Å². The van der Waals surface area contributed by atoms with Crippen LogP contribution in [0.1, 0.15) is 19.6 Å². The molecule has 6 heterocycles. The molecule has 47 heavy (non-hydrogen) atoms. The van der Waals surface area contributed by atoms with Crippen LogP contribution in [0.5, 0.6) is 0 Å². The van der Waals surface area contributed by atoms with Crippen molar-refractivity contribution in [3.63, 3.8) is 0 Å². The second-order valence-electron chi connectivity index (χ2n) is 11.2. The summed E-state index contributed by atoms with van der Waals surface area (Å²) in [7, 11) is -10.8. The van der Waals surface area contributed by atoms with E-state index in [2.05, 4.69) is 19.3 Å². The molecule has 0 radical (unpaired) electrons. The molecule has 0 aromatic carbocycles. The van der Waals surface area contributed by atoms with Gasteiger partial charge in [0.1, 0.15) is 36.1 Å². The zero-order valence-electron chi connectivity index (χ0n) is 24.4. The lowest BCUT2D eigenvalue weighted by molar-refractivity contribution is -0.745. The minimum Gasteiger partial charge on any atom is -0.387 e. The number of imidazole rings is 2. The molecule has 3 aromatic heterocycles. The van der Waals surface area contributed by atoms with Gasteiger partial charge in [-0.25, -0.2) is 18.7 Å². The Kier molecular flexibility index (Phi) is 8.90. The van der Waals surface area contributed by atoms with Crippen molar-refractivity contribution < 1.29 is 71.5 Å². The largest absolute Gasteiger partial charge is 0.481 e. The number of carbonyl (C=O) groups excluding carboxylic acids is 1. The van der Waals surface area contributed by atoms with Crippen molar-refractivity contribution in [1.82, 2.24) is 24.3 Å². The van der Waals surface area contributed by atoms with Gasteiger partial charge >= 0.3 is 21.3 Å². The second-order valence-corrected chi connectivity index (χ2v) is 14.3. The van der Waals surface area contributed by atoms with Gasteiger partial charge in [0.15, 0.2) is 24.5 Å². The molecule has 23 heteroatoms. The maximum absolute atomic E-state index is 12.6. The Labute approximate surface area is 264 Å². The number of phosphoric ester groups is 2. The van der Waals surface area contributed by atoms with Crippen molar-refractivity contribution in [2.45, 2.75) is 61.9 Å². The Hall–Kier alpha value is -3.14. The Morgan fingerprint density at radius 1 is 1.17 bits per heavy atom. The fraction of sp³-hybridized carbons (Fsp3) is 0.500. The lowest BCUT2D eigenvalue weighted by Gasteiger charge is -2.30. The van der Waals surface area contributed by atoms with Crippen LogP contribution in [0.25, 0.3) is 16.8 Å². The van der Waals surface area contributed by atoms with Gasteiger partial charge in [0.2, 0.25) is 17.7 Å². The lowest BCUT2D eigenvalue weighted by Crippen LogP contribution is -2.45. The number of ether oxygens (including phenoxy) is 2. The quantitative estimate of drug-likeness (QED) is 0.0775. The topological polar surface area (TPSA) is 298 Å². The van der Waals surface area contributed by atoms with Crippen LogP contribution < -0.4 is 10.3 Å². The molecule has 10 atom stereocenters. The third-order valence-corrected chi connectivity index (χ3v) is 10.5. The lowest BCUT2D eigenvalue weighted by atomic mass is 9.98. The second kappa shape index (κ2) is 12.4. The first-order chi connectivity index (χ1) is 22.1. The molecular formula is C24H32N7O14P2+. The Morgan fingerprint density at radius 2 is 1.91 bits per heavy atom. The van der Waals surface area contributed by atoms with Crippen molar-refractivity contribution in [3.8, 4) is 0 Å². The Morgan fingerprint density at radius 3 is 2.66 bits per heavy atom. The Balaban J connectivity index is 1.05. The highest BCUT2D eigenvalue weighted by molar-refractivity contribution is 7.61. The third-order valence-electron chi connectivity index (χ3n) is 7.91. The molecule has 1 amide bonds. The molecule has 0 aliphatic carbocycles. The number of aliphatic hydroxyl groups excluding tert-OH is 4. The number of primary amides is 1. The van der Waals surface area contributed by atoms with Gasteiger partial charge in [-0.15, -0.1) is 0 Å². The maximum Gasteiger partial charge on any atom is 0.481 e. The predicted octanol–water partition coefficient (Wildman–Crippen LogP) is -2.21. The van der Waals surface area contributed by atoms with Crippen molar-refractivity contribution in [3.05, 3.63) is 49.1 Å². The van der Waals surface area contributed by atoms with E-state index in [9.17, 15) is 44.1 Å². The fourth-order valence-corrected chi connectivity index (χ4v) is 7.61. The van der Waals surface area contributed by atoms with E-state index in [0.717, 1.165) is 0 Å². The number of nitrogens with two attached hydrogens (primary N) is 1. The molecule has 2 saturated heterocycles. The number of nitrogens with one attached hydrogen (secondary N) is 1. The van der Waals surface area contributed by atoms with E-state index in [0.29, 0.717) is 16.8 Å². The van der Waals surface area contributed by atoms with Crippen LogP contribution in [0.15, 0.2) is 49.1 Å². The number of hydrogen-bond acceptors (Lipinski definition) is 15. The number of phosphoric acid groups is 2. The molecule has 9 N–H and O–H groups in total. The van der Waals surface area contributed by atoms with E-state index in [1.807, 2.05) is 0 Å². The summed E-state index contributed by atoms with van der Waals surface area (Å²) >= 11 is 0. The van der Waals surface area contributed by atoms with Gasteiger partial charge in [-0.05, 0) is 13.3 Å². The highest BCUT2D eigenvalue weighted by Gasteiger charge is 2.54. The summed E-state index contributed by atoms with van der Waals surface area (Å²) in [6, 6.07) is 0. The molecule has 3 aliphatic heterocycles. The number of H-pyrrole nitrogens is 1. The minimum atomic E-state index is -5.40. The van der Waals surface area contributed by atoms with Crippen LogP contribution in [0.2, 0.25) is 0 Å². The van der Waals surface area contributed by atoms with Crippen LogP contribution in [-0.2, 0) is 36.8 Å². The van der Waals surface area contributed by atoms with Gasteiger partial charge in [-0.2, -0.15) is 4.31 Å². The minimum absolute atomic E-state index is 0.194. The maximum atomic E-state index is 12.6. The van der Waals surface area contributed by atoms with Crippen LogP contribution in [0.4, 0.5) is 0 Å². The number of carbonyl (C=O) groups is 1. The van der Waals surface area contributed by atoms with Crippen LogP contribution in [0, 0.1) is 0 Å². The van der Waals surface area contributed by atoms with Crippen LogP contribution in [-0.4, -0.2) is 116 Å². The molecule has 6 rings (SSSR count). The number of aromatic nitrogens is 5. The van der Waals surface area contributed by atoms with Gasteiger partial charge in [0.05, 0.1) is 13.2 Å². The van der Waals surface area contributed by atoms with Gasteiger partial charge in [0, 0.05) is 30.4 Å². The molecule has 3 aliphatic rings. The van der Waals surface area contributed by atoms with Crippen molar-refractivity contribution in [2.75, 3.05) is 13.2 Å². The summed E-state index contributed by atoms with van der Waals surface area (Å²) in [4.78, 5) is 44.7. The highest BCUT2D eigenvalue weighted by Crippen LogP contribution is 2.61. The van der Waals surface area contributed by atoms with E-state index in [1.54, 1.807) is 22.9 Å². The molecule has 4 unspecified atom stereocenters. The van der Waals surface area contributed by atoms with Crippen molar-refractivity contribution >= 4 is 38.4 Å². The fourth-order valence-electron chi connectivity index (χ4n) is 5.44. The molecule has 21 nitrogen and oxygen atoms in total. The number of aromatic amines is 1. The summed E-state index contributed by atoms with van der Waals surface area (Å²) in [6.45, 7) is -0.554. The number of rotatable bonds is 11. The summed E-state index contributed by atoms with van der Waals surface area (Å²) in [5, 5.41) is 42.4. The summed E-state index contributed by atoms with van der Waals surface area (Å²) in [6.07, 6.45) is 0.376. The molecule has 0 saturated carbocycles. The van der Waals surface area contributed by atoms with E-state index in [1.165, 1.54) is 41.4 Å². The Bertz CT molecular complexity index is 1830. The van der Waals surface area contributed by atoms with Gasteiger partial charge in [0.25, 0.3) is 0 Å².